The Balaban J connectivity index is 1.67. The average Bonchev–Trinajstić information content (AvgIpc) is 3.25. The molecule has 10 heteroatoms. The van der Waals surface area contributed by atoms with E-state index in [-0.39, 0.29) is 27.9 Å². The number of ether oxygens (including phenoxy) is 1. The number of hydrogen-bond acceptors (Lipinski definition) is 7. The summed E-state index contributed by atoms with van der Waals surface area (Å²) in [6.07, 6.45) is 1.32. The monoisotopic (exact) mass is 463 g/mol. The molecule has 0 saturated carbocycles. The molecule has 0 atom stereocenters. The topological polar surface area (TPSA) is 115 Å². The van der Waals surface area contributed by atoms with Crippen molar-refractivity contribution in [2.45, 2.75) is 6.92 Å². The molecule has 0 radical (unpaired) electrons. The molecule has 1 saturated heterocycles. The van der Waals surface area contributed by atoms with Gasteiger partial charge in [0.15, 0.2) is 5.11 Å². The Labute approximate surface area is 193 Å². The summed E-state index contributed by atoms with van der Waals surface area (Å²) < 4.78 is 11.0. The van der Waals surface area contributed by atoms with Gasteiger partial charge in [0.25, 0.3) is 17.5 Å². The number of thiocarbonyl (C=S) groups is 1. The first-order chi connectivity index (χ1) is 15.8. The van der Waals surface area contributed by atoms with Crippen LogP contribution in [0.5, 0.6) is 5.75 Å². The molecule has 1 N–H and O–H groups in total. The number of carbonyl (C=O) groups is 2. The third-order valence-corrected chi connectivity index (χ3v) is 5.25. The smallest absolute Gasteiger partial charge is 0.273 e. The van der Waals surface area contributed by atoms with Gasteiger partial charge in [-0.15, -0.1) is 0 Å². The highest BCUT2D eigenvalue weighted by atomic mass is 32.1. The summed E-state index contributed by atoms with van der Waals surface area (Å²) in [6.45, 7) is 1.92. The van der Waals surface area contributed by atoms with Crippen LogP contribution >= 0.6 is 12.2 Å². The van der Waals surface area contributed by atoms with Gasteiger partial charge in [0.05, 0.1) is 29.4 Å². The lowest BCUT2D eigenvalue weighted by Gasteiger charge is -2.28. The third-order valence-electron chi connectivity index (χ3n) is 4.97. The summed E-state index contributed by atoms with van der Waals surface area (Å²) in [7, 11) is 1.39. The van der Waals surface area contributed by atoms with E-state index in [0.29, 0.717) is 17.0 Å². The molecule has 0 aliphatic carbocycles. The second-order valence-electron chi connectivity index (χ2n) is 7.14. The molecular formula is C23H17N3O6S. The first kappa shape index (κ1) is 21.9. The van der Waals surface area contributed by atoms with Gasteiger partial charge in [-0.05, 0) is 55.5 Å². The van der Waals surface area contributed by atoms with E-state index in [9.17, 15) is 19.7 Å². The van der Waals surface area contributed by atoms with Crippen molar-refractivity contribution in [1.82, 2.24) is 5.32 Å². The highest BCUT2D eigenvalue weighted by molar-refractivity contribution is 7.80. The number of anilines is 1. The summed E-state index contributed by atoms with van der Waals surface area (Å²) in [6, 6.07) is 14.5. The number of nitrogens with zero attached hydrogens (tertiary/aromatic N) is 2. The SMILES string of the molecule is COc1cc([N+](=O)[O-])ccc1-c1ccc(/C=C2/C(=O)NC(=S)N(c3ccc(C)cc3)C2=O)o1. The Morgan fingerprint density at radius 2 is 1.85 bits per heavy atom. The van der Waals surface area contributed by atoms with Crippen molar-refractivity contribution in [2.24, 2.45) is 0 Å². The normalized spacial score (nSPS) is 15.0. The van der Waals surface area contributed by atoms with Gasteiger partial charge in [-0.1, -0.05) is 17.7 Å². The molecule has 1 aromatic heterocycles. The molecule has 0 bridgehead atoms. The molecule has 1 aliphatic heterocycles. The number of non-ortho nitro benzene ring substituents is 1. The van der Waals surface area contributed by atoms with Gasteiger partial charge in [0.2, 0.25) is 0 Å². The number of aryl methyl sites for hydroxylation is 1. The number of nitro benzene ring substituents is 1. The van der Waals surface area contributed by atoms with E-state index in [1.807, 2.05) is 19.1 Å². The summed E-state index contributed by atoms with van der Waals surface area (Å²) in [5.41, 5.74) is 1.74. The van der Waals surface area contributed by atoms with Crippen molar-refractivity contribution in [3.63, 3.8) is 0 Å². The summed E-state index contributed by atoms with van der Waals surface area (Å²) >= 11 is 5.20. The zero-order chi connectivity index (χ0) is 23.7. The molecule has 4 rings (SSSR count). The number of rotatable bonds is 5. The molecule has 0 spiro atoms. The Hall–Kier alpha value is -4.31. The lowest BCUT2D eigenvalue weighted by Crippen LogP contribution is -2.54. The summed E-state index contributed by atoms with van der Waals surface area (Å²) in [4.78, 5) is 37.3. The predicted molar refractivity (Wildman–Crippen MR) is 125 cm³/mol. The van der Waals surface area contributed by atoms with Crippen LogP contribution in [0.4, 0.5) is 11.4 Å². The molecule has 9 nitrogen and oxygen atoms in total. The van der Waals surface area contributed by atoms with Crippen LogP contribution in [0.3, 0.4) is 0 Å². The number of furan rings is 1. The van der Waals surface area contributed by atoms with Crippen molar-refractivity contribution in [3.8, 4) is 17.1 Å². The third kappa shape index (κ3) is 4.23. The molecule has 2 heterocycles. The molecule has 3 aromatic rings. The van der Waals surface area contributed by atoms with E-state index in [2.05, 4.69) is 5.32 Å². The molecule has 2 aromatic carbocycles. The van der Waals surface area contributed by atoms with Gasteiger partial charge in [-0.3, -0.25) is 29.9 Å². The molecule has 0 unspecified atom stereocenters. The minimum absolute atomic E-state index is 0.0123. The number of methoxy groups -OCH3 is 1. The van der Waals surface area contributed by atoms with Crippen LogP contribution in [-0.4, -0.2) is 29.0 Å². The lowest BCUT2D eigenvalue weighted by atomic mass is 10.1. The number of amides is 2. The number of carbonyl (C=O) groups excluding carboxylic acids is 2. The van der Waals surface area contributed by atoms with Crippen LogP contribution in [0.15, 0.2) is 64.6 Å². The van der Waals surface area contributed by atoms with Gasteiger partial charge in [0, 0.05) is 6.07 Å². The maximum atomic E-state index is 13.1. The maximum absolute atomic E-state index is 13.1. The quantitative estimate of drug-likeness (QED) is 0.200. The van der Waals surface area contributed by atoms with Gasteiger partial charge < -0.3 is 9.15 Å². The fourth-order valence-electron chi connectivity index (χ4n) is 3.30. The number of nitrogens with one attached hydrogen (secondary N) is 1. The van der Waals surface area contributed by atoms with E-state index in [1.54, 1.807) is 24.3 Å². The van der Waals surface area contributed by atoms with E-state index in [1.165, 1.54) is 36.3 Å². The molecule has 1 aliphatic rings. The maximum Gasteiger partial charge on any atom is 0.273 e. The second-order valence-corrected chi connectivity index (χ2v) is 7.52. The first-order valence-corrected chi connectivity index (χ1v) is 10.1. The lowest BCUT2D eigenvalue weighted by molar-refractivity contribution is -0.384. The standard InChI is InChI=1S/C23H17N3O6S/c1-13-3-5-14(6-4-13)25-22(28)18(21(27)24-23(25)33)12-16-8-10-19(32-16)17-9-7-15(26(29)30)11-20(17)31-2/h3-12H,1-2H3,(H,24,27,33)/b18-12-. The van der Waals surface area contributed by atoms with E-state index < -0.39 is 16.7 Å². The second kappa shape index (κ2) is 8.67. The number of benzene rings is 2. The largest absolute Gasteiger partial charge is 0.496 e. The molecule has 33 heavy (non-hydrogen) atoms. The van der Waals surface area contributed by atoms with E-state index >= 15 is 0 Å². The van der Waals surface area contributed by atoms with Crippen molar-refractivity contribution in [2.75, 3.05) is 12.0 Å². The van der Waals surface area contributed by atoms with Crippen LogP contribution in [0.25, 0.3) is 17.4 Å². The fourth-order valence-corrected chi connectivity index (χ4v) is 3.58. The first-order valence-electron chi connectivity index (χ1n) is 9.69. The fraction of sp³-hybridized carbons (Fsp3) is 0.0870. The van der Waals surface area contributed by atoms with Crippen molar-refractivity contribution >= 4 is 46.6 Å². The van der Waals surface area contributed by atoms with Crippen LogP contribution in [-0.2, 0) is 9.59 Å². The Morgan fingerprint density at radius 1 is 1.12 bits per heavy atom. The zero-order valence-electron chi connectivity index (χ0n) is 17.5. The van der Waals surface area contributed by atoms with Gasteiger partial charge >= 0.3 is 0 Å². The highest BCUT2D eigenvalue weighted by Crippen LogP contribution is 2.34. The van der Waals surface area contributed by atoms with Crippen molar-refractivity contribution in [3.05, 3.63) is 81.6 Å². The Morgan fingerprint density at radius 3 is 2.52 bits per heavy atom. The molecular weight excluding hydrogens is 446 g/mol. The van der Waals surface area contributed by atoms with Crippen molar-refractivity contribution < 1.29 is 23.7 Å². The zero-order valence-corrected chi connectivity index (χ0v) is 18.3. The minimum Gasteiger partial charge on any atom is -0.496 e. The molecule has 1 fully saturated rings. The average molecular weight is 463 g/mol. The number of hydrogen-bond donors (Lipinski definition) is 1. The Kier molecular flexibility index (Phi) is 5.76. The summed E-state index contributed by atoms with van der Waals surface area (Å²) in [5.74, 6) is -0.387. The van der Waals surface area contributed by atoms with E-state index in [4.69, 9.17) is 21.4 Å². The Bertz CT molecular complexity index is 1330. The predicted octanol–water partition coefficient (Wildman–Crippen LogP) is 4.00. The van der Waals surface area contributed by atoms with Crippen LogP contribution in [0.2, 0.25) is 0 Å². The van der Waals surface area contributed by atoms with Crippen LogP contribution in [0.1, 0.15) is 11.3 Å². The van der Waals surface area contributed by atoms with Gasteiger partial charge in [-0.2, -0.15) is 0 Å². The molecule has 166 valence electrons. The van der Waals surface area contributed by atoms with E-state index in [0.717, 1.165) is 5.56 Å². The number of nitro groups is 1. The highest BCUT2D eigenvalue weighted by Gasteiger charge is 2.34. The minimum atomic E-state index is -0.640. The van der Waals surface area contributed by atoms with Crippen LogP contribution in [0, 0.1) is 17.0 Å². The molecule has 2 amide bonds. The van der Waals surface area contributed by atoms with Gasteiger partial charge in [-0.25, -0.2) is 0 Å². The summed E-state index contributed by atoms with van der Waals surface area (Å²) in [5, 5.41) is 13.5. The van der Waals surface area contributed by atoms with Crippen LogP contribution < -0.4 is 15.0 Å². The van der Waals surface area contributed by atoms with Crippen molar-refractivity contribution in [1.29, 1.82) is 0 Å². The van der Waals surface area contributed by atoms with Gasteiger partial charge in [0.1, 0.15) is 22.8 Å².